The molecule has 1 aliphatic carbocycles. The minimum Gasteiger partial charge on any atom is -0.348 e. The van der Waals surface area contributed by atoms with Crippen molar-refractivity contribution in [1.29, 1.82) is 0 Å². The van der Waals surface area contributed by atoms with E-state index in [4.69, 9.17) is 11.6 Å². The zero-order valence-electron chi connectivity index (χ0n) is 13.0. The molecule has 0 aromatic carbocycles. The number of fused-ring (bicyclic) bond motifs is 1. The molecule has 1 atom stereocenters. The van der Waals surface area contributed by atoms with Gasteiger partial charge in [-0.05, 0) is 43.9 Å². The fourth-order valence-corrected chi connectivity index (χ4v) is 3.66. The normalized spacial score (nSPS) is 18.0. The lowest BCUT2D eigenvalue weighted by Gasteiger charge is -2.21. The maximum Gasteiger partial charge on any atom is 0.0868 e. The number of nitrogens with one attached hydrogen (secondary N) is 1. The van der Waals surface area contributed by atoms with Gasteiger partial charge in [0.05, 0.1) is 23.0 Å². The van der Waals surface area contributed by atoms with E-state index in [1.54, 1.807) is 0 Å². The summed E-state index contributed by atoms with van der Waals surface area (Å²) in [4.78, 5) is 0. The number of hydrogen-bond acceptors (Lipinski definition) is 2. The highest BCUT2D eigenvalue weighted by atomic mass is 35.5. The van der Waals surface area contributed by atoms with Gasteiger partial charge in [0.15, 0.2) is 0 Å². The predicted octanol–water partition coefficient (Wildman–Crippen LogP) is 3.08. The van der Waals surface area contributed by atoms with Crippen LogP contribution in [0, 0.1) is 0 Å². The number of aromatic nitrogens is 3. The lowest BCUT2D eigenvalue weighted by molar-refractivity contribution is 0.498. The SMILES string of the molecule is CCc1nn(C)c(Cn2cc3c(c2)C(NC)CCC3)c1Cl. The van der Waals surface area contributed by atoms with Crippen molar-refractivity contribution in [2.75, 3.05) is 7.05 Å². The first-order chi connectivity index (χ1) is 10.1. The Balaban J connectivity index is 1.89. The monoisotopic (exact) mass is 306 g/mol. The Morgan fingerprint density at radius 2 is 2.24 bits per heavy atom. The summed E-state index contributed by atoms with van der Waals surface area (Å²) >= 11 is 6.45. The van der Waals surface area contributed by atoms with Crippen molar-refractivity contribution in [1.82, 2.24) is 19.7 Å². The van der Waals surface area contributed by atoms with E-state index in [0.29, 0.717) is 6.04 Å². The van der Waals surface area contributed by atoms with Gasteiger partial charge in [0.2, 0.25) is 0 Å². The molecule has 1 unspecified atom stereocenters. The molecule has 1 aliphatic rings. The molecule has 3 rings (SSSR count). The molecule has 0 saturated carbocycles. The summed E-state index contributed by atoms with van der Waals surface area (Å²) in [6.07, 6.45) is 9.07. The molecule has 1 N–H and O–H groups in total. The van der Waals surface area contributed by atoms with Crippen LogP contribution in [0.25, 0.3) is 0 Å². The van der Waals surface area contributed by atoms with E-state index in [1.807, 2.05) is 18.8 Å². The summed E-state index contributed by atoms with van der Waals surface area (Å²) in [7, 11) is 4.02. The van der Waals surface area contributed by atoms with E-state index in [9.17, 15) is 0 Å². The van der Waals surface area contributed by atoms with Gasteiger partial charge in [0.1, 0.15) is 0 Å². The second-order valence-electron chi connectivity index (χ2n) is 5.83. The van der Waals surface area contributed by atoms with Crippen LogP contribution in [0.3, 0.4) is 0 Å². The second-order valence-corrected chi connectivity index (χ2v) is 6.21. The first-order valence-electron chi connectivity index (χ1n) is 7.70. The number of rotatable bonds is 4. The van der Waals surface area contributed by atoms with Gasteiger partial charge >= 0.3 is 0 Å². The van der Waals surface area contributed by atoms with Gasteiger partial charge in [-0.3, -0.25) is 4.68 Å². The minimum absolute atomic E-state index is 0.489. The first-order valence-corrected chi connectivity index (χ1v) is 8.07. The maximum absolute atomic E-state index is 6.45. The Morgan fingerprint density at radius 1 is 1.43 bits per heavy atom. The van der Waals surface area contributed by atoms with Crippen LogP contribution in [0.5, 0.6) is 0 Å². The standard InChI is InChI=1S/C16H23ClN4/c1-4-13-16(17)15(20(3)19-13)10-21-8-11-6-5-7-14(18-2)12(11)9-21/h8-9,14,18H,4-7,10H2,1-3H3. The molecule has 2 aromatic rings. The van der Waals surface area contributed by atoms with E-state index in [-0.39, 0.29) is 0 Å². The third-order valence-electron chi connectivity index (χ3n) is 4.50. The largest absolute Gasteiger partial charge is 0.348 e. The molecular formula is C16H23ClN4. The van der Waals surface area contributed by atoms with E-state index in [0.717, 1.165) is 29.4 Å². The van der Waals surface area contributed by atoms with E-state index < -0.39 is 0 Å². The summed E-state index contributed by atoms with van der Waals surface area (Å²) in [6.45, 7) is 2.87. The zero-order chi connectivity index (χ0) is 15.0. The van der Waals surface area contributed by atoms with Gasteiger partial charge in [-0.2, -0.15) is 5.10 Å². The smallest absolute Gasteiger partial charge is 0.0868 e. The Morgan fingerprint density at radius 3 is 2.90 bits per heavy atom. The summed E-state index contributed by atoms with van der Waals surface area (Å²) in [5, 5.41) is 8.73. The fraction of sp³-hybridized carbons (Fsp3) is 0.562. The van der Waals surface area contributed by atoms with Gasteiger partial charge in [-0.15, -0.1) is 0 Å². The van der Waals surface area contributed by atoms with Crippen molar-refractivity contribution < 1.29 is 0 Å². The number of aryl methyl sites for hydroxylation is 3. The molecule has 0 fully saturated rings. The molecule has 0 bridgehead atoms. The van der Waals surface area contributed by atoms with Crippen LogP contribution in [0.1, 0.15) is 48.3 Å². The van der Waals surface area contributed by atoms with E-state index >= 15 is 0 Å². The van der Waals surface area contributed by atoms with Crippen LogP contribution in [-0.2, 0) is 26.4 Å². The number of halogens is 1. The molecule has 21 heavy (non-hydrogen) atoms. The van der Waals surface area contributed by atoms with Crippen LogP contribution in [-0.4, -0.2) is 21.4 Å². The highest BCUT2D eigenvalue weighted by Crippen LogP contribution is 2.31. The van der Waals surface area contributed by atoms with Crippen molar-refractivity contribution >= 4 is 11.6 Å². The highest BCUT2D eigenvalue weighted by Gasteiger charge is 2.21. The lowest BCUT2D eigenvalue weighted by Crippen LogP contribution is -2.20. The molecule has 0 amide bonds. The predicted molar refractivity (Wildman–Crippen MR) is 85.9 cm³/mol. The highest BCUT2D eigenvalue weighted by molar-refractivity contribution is 6.31. The van der Waals surface area contributed by atoms with Crippen LogP contribution in [0.2, 0.25) is 5.02 Å². The van der Waals surface area contributed by atoms with Crippen molar-refractivity contribution in [2.24, 2.45) is 7.05 Å². The molecule has 0 radical (unpaired) electrons. The molecule has 0 spiro atoms. The van der Waals surface area contributed by atoms with Gasteiger partial charge in [-0.25, -0.2) is 0 Å². The third-order valence-corrected chi connectivity index (χ3v) is 4.93. The average molecular weight is 307 g/mol. The topological polar surface area (TPSA) is 34.8 Å². The van der Waals surface area contributed by atoms with E-state index in [2.05, 4.69) is 34.3 Å². The van der Waals surface area contributed by atoms with Gasteiger partial charge in [0.25, 0.3) is 0 Å². The summed E-state index contributed by atoms with van der Waals surface area (Å²) in [6, 6.07) is 0.489. The molecule has 5 heteroatoms. The molecule has 0 saturated heterocycles. The minimum atomic E-state index is 0.489. The zero-order valence-corrected chi connectivity index (χ0v) is 13.7. The third kappa shape index (κ3) is 2.62. The van der Waals surface area contributed by atoms with Crippen molar-refractivity contribution in [3.05, 3.63) is 39.9 Å². The first kappa shape index (κ1) is 14.7. The Labute approximate surface area is 131 Å². The van der Waals surface area contributed by atoms with Crippen LogP contribution < -0.4 is 5.32 Å². The van der Waals surface area contributed by atoms with Crippen LogP contribution >= 0.6 is 11.6 Å². The van der Waals surface area contributed by atoms with Crippen molar-refractivity contribution in [3.8, 4) is 0 Å². The van der Waals surface area contributed by atoms with Crippen LogP contribution in [0.4, 0.5) is 0 Å². The molecule has 0 aliphatic heterocycles. The summed E-state index contributed by atoms with van der Waals surface area (Å²) in [5.74, 6) is 0. The van der Waals surface area contributed by atoms with E-state index in [1.165, 1.54) is 30.4 Å². The molecule has 114 valence electrons. The van der Waals surface area contributed by atoms with Crippen LogP contribution in [0.15, 0.2) is 12.4 Å². The van der Waals surface area contributed by atoms with Gasteiger partial charge in [0, 0.05) is 25.5 Å². The molecule has 2 heterocycles. The number of hydrogen-bond donors (Lipinski definition) is 1. The number of nitrogens with zero attached hydrogens (tertiary/aromatic N) is 3. The molecule has 4 nitrogen and oxygen atoms in total. The van der Waals surface area contributed by atoms with Crippen molar-refractivity contribution in [3.63, 3.8) is 0 Å². The average Bonchev–Trinajstić information content (AvgIpc) is 3.02. The summed E-state index contributed by atoms with van der Waals surface area (Å²) < 4.78 is 4.17. The summed E-state index contributed by atoms with van der Waals surface area (Å²) in [5.41, 5.74) is 4.98. The Hall–Kier alpha value is -1.26. The lowest BCUT2D eigenvalue weighted by atomic mass is 9.91. The maximum atomic E-state index is 6.45. The fourth-order valence-electron chi connectivity index (χ4n) is 3.30. The molecular weight excluding hydrogens is 284 g/mol. The second kappa shape index (κ2) is 5.85. The Bertz CT molecular complexity index is 641. The van der Waals surface area contributed by atoms with Crippen molar-refractivity contribution in [2.45, 2.75) is 45.2 Å². The Kier molecular flexibility index (Phi) is 4.09. The van der Waals surface area contributed by atoms with Gasteiger partial charge in [-0.1, -0.05) is 18.5 Å². The van der Waals surface area contributed by atoms with Gasteiger partial charge < -0.3 is 9.88 Å². The quantitative estimate of drug-likeness (QED) is 0.942. The molecule has 2 aromatic heterocycles.